The Morgan fingerprint density at radius 1 is 1.00 bits per heavy atom. The first kappa shape index (κ1) is 29.2. The monoisotopic (exact) mass is 602 g/mol. The van der Waals surface area contributed by atoms with Crippen molar-refractivity contribution in [1.82, 2.24) is 14.8 Å². The summed E-state index contributed by atoms with van der Waals surface area (Å²) in [6, 6.07) is 10.7. The fourth-order valence-electron chi connectivity index (χ4n) is 3.99. The number of ether oxygens (including phenoxy) is 4. The normalized spacial score (nSPS) is 10.8. The summed E-state index contributed by atoms with van der Waals surface area (Å²) >= 11 is 8.49. The van der Waals surface area contributed by atoms with Crippen LogP contribution in [0.4, 0.5) is 5.00 Å². The van der Waals surface area contributed by atoms with Crippen LogP contribution in [0.15, 0.2) is 46.9 Å². The van der Waals surface area contributed by atoms with Gasteiger partial charge in [-0.15, -0.1) is 21.5 Å². The van der Waals surface area contributed by atoms with Gasteiger partial charge in [0.15, 0.2) is 22.5 Å². The molecular weight excluding hydrogens is 576 g/mol. The van der Waals surface area contributed by atoms with Crippen LogP contribution in [0, 0.1) is 0 Å². The molecule has 4 rings (SSSR count). The molecule has 0 aliphatic heterocycles. The third-order valence-electron chi connectivity index (χ3n) is 5.88. The molecule has 2 aromatic carbocycles. The number of methoxy groups -OCH3 is 4. The Bertz CT molecular complexity index is 1490. The van der Waals surface area contributed by atoms with Gasteiger partial charge in [-0.1, -0.05) is 35.5 Å². The van der Waals surface area contributed by atoms with E-state index in [9.17, 15) is 9.59 Å². The fourth-order valence-corrected chi connectivity index (χ4v) is 5.90. The van der Waals surface area contributed by atoms with Crippen molar-refractivity contribution in [3.8, 4) is 39.8 Å². The van der Waals surface area contributed by atoms with Gasteiger partial charge in [0.05, 0.1) is 34.2 Å². The van der Waals surface area contributed by atoms with E-state index < -0.39 is 5.97 Å². The molecule has 40 heavy (non-hydrogen) atoms. The van der Waals surface area contributed by atoms with Gasteiger partial charge in [-0.25, -0.2) is 4.79 Å². The van der Waals surface area contributed by atoms with E-state index in [1.807, 2.05) is 11.5 Å². The highest BCUT2D eigenvalue weighted by atomic mass is 35.5. The Hall–Kier alpha value is -3.74. The third-order valence-corrected chi connectivity index (χ3v) is 7.99. The lowest BCUT2D eigenvalue weighted by molar-refractivity contribution is -0.113. The highest BCUT2D eigenvalue weighted by Crippen LogP contribution is 2.41. The lowest BCUT2D eigenvalue weighted by Gasteiger charge is -2.14. The first-order valence-corrected chi connectivity index (χ1v) is 14.2. The summed E-state index contributed by atoms with van der Waals surface area (Å²) in [5.74, 6) is 1.24. The number of benzene rings is 2. The summed E-state index contributed by atoms with van der Waals surface area (Å²) in [6.07, 6.45) is 0. The van der Waals surface area contributed by atoms with E-state index in [1.54, 1.807) is 56.0 Å². The Labute approximate surface area is 244 Å². The van der Waals surface area contributed by atoms with E-state index in [-0.39, 0.29) is 17.2 Å². The van der Waals surface area contributed by atoms with Gasteiger partial charge in [0.1, 0.15) is 10.6 Å². The van der Waals surface area contributed by atoms with E-state index in [0.717, 1.165) is 11.1 Å². The van der Waals surface area contributed by atoms with Crippen LogP contribution in [0.3, 0.4) is 0 Å². The van der Waals surface area contributed by atoms with Crippen LogP contribution in [0.2, 0.25) is 5.02 Å². The summed E-state index contributed by atoms with van der Waals surface area (Å²) < 4.78 is 23.2. The lowest BCUT2D eigenvalue weighted by atomic mass is 10.0. The summed E-state index contributed by atoms with van der Waals surface area (Å²) in [6.45, 7) is 2.52. The fraction of sp³-hybridized carbons (Fsp3) is 0.259. The molecule has 10 nitrogen and oxygen atoms in total. The number of carbonyl (C=O) groups is 2. The summed E-state index contributed by atoms with van der Waals surface area (Å²) in [5.41, 5.74) is 2.44. The molecule has 2 aromatic heterocycles. The van der Waals surface area contributed by atoms with Crippen molar-refractivity contribution in [2.24, 2.45) is 0 Å². The van der Waals surface area contributed by atoms with Crippen molar-refractivity contribution in [3.63, 3.8) is 0 Å². The van der Waals surface area contributed by atoms with E-state index in [1.165, 1.54) is 37.3 Å². The topological polar surface area (TPSA) is 114 Å². The summed E-state index contributed by atoms with van der Waals surface area (Å²) in [4.78, 5) is 25.6. The molecule has 1 amide bonds. The minimum absolute atomic E-state index is 0.0438. The van der Waals surface area contributed by atoms with Crippen LogP contribution in [0.25, 0.3) is 22.5 Å². The molecule has 0 atom stereocenters. The quantitative estimate of drug-likeness (QED) is 0.166. The van der Waals surface area contributed by atoms with Crippen LogP contribution in [-0.2, 0) is 16.1 Å². The van der Waals surface area contributed by atoms with E-state index in [4.69, 9.17) is 30.5 Å². The zero-order valence-electron chi connectivity index (χ0n) is 22.4. The smallest absolute Gasteiger partial charge is 0.341 e. The molecule has 0 saturated carbocycles. The number of esters is 1. The number of carbonyl (C=O) groups excluding carboxylic acids is 2. The molecule has 0 fully saturated rings. The average Bonchev–Trinajstić information content (AvgIpc) is 3.59. The number of hydrogen-bond donors (Lipinski definition) is 1. The first-order valence-electron chi connectivity index (χ1n) is 12.0. The number of nitrogens with zero attached hydrogens (tertiary/aromatic N) is 3. The lowest BCUT2D eigenvalue weighted by Crippen LogP contribution is -2.16. The number of rotatable bonds is 11. The molecule has 0 bridgehead atoms. The predicted molar refractivity (Wildman–Crippen MR) is 156 cm³/mol. The van der Waals surface area contributed by atoms with Crippen molar-refractivity contribution in [2.75, 3.05) is 39.5 Å². The van der Waals surface area contributed by atoms with Gasteiger partial charge >= 0.3 is 5.97 Å². The minimum atomic E-state index is -0.546. The molecule has 0 radical (unpaired) electrons. The number of thiophene rings is 1. The van der Waals surface area contributed by atoms with Gasteiger partial charge in [-0.3, -0.25) is 4.79 Å². The third kappa shape index (κ3) is 6.03. The molecular formula is C27H27ClN4O6S2. The average molecular weight is 603 g/mol. The maximum atomic E-state index is 13.0. The van der Waals surface area contributed by atoms with Crippen molar-refractivity contribution in [2.45, 2.75) is 18.6 Å². The molecule has 0 aliphatic carbocycles. The molecule has 210 valence electrons. The number of amides is 1. The van der Waals surface area contributed by atoms with Crippen molar-refractivity contribution in [3.05, 3.63) is 52.4 Å². The Morgan fingerprint density at radius 2 is 1.68 bits per heavy atom. The second-order valence-electron chi connectivity index (χ2n) is 8.15. The van der Waals surface area contributed by atoms with Gasteiger partial charge in [0, 0.05) is 28.1 Å². The number of aromatic nitrogens is 3. The molecule has 0 saturated heterocycles. The van der Waals surface area contributed by atoms with Gasteiger partial charge in [0.25, 0.3) is 0 Å². The molecule has 0 aliphatic rings. The van der Waals surface area contributed by atoms with E-state index in [0.29, 0.717) is 50.4 Å². The Kier molecular flexibility index (Phi) is 9.56. The summed E-state index contributed by atoms with van der Waals surface area (Å²) in [7, 11) is 5.93. The number of hydrogen-bond acceptors (Lipinski definition) is 10. The molecule has 1 N–H and O–H groups in total. The maximum Gasteiger partial charge on any atom is 0.341 e. The minimum Gasteiger partial charge on any atom is -0.493 e. The van der Waals surface area contributed by atoms with Gasteiger partial charge in [0.2, 0.25) is 11.7 Å². The van der Waals surface area contributed by atoms with Crippen molar-refractivity contribution >= 4 is 51.6 Å². The zero-order valence-corrected chi connectivity index (χ0v) is 24.8. The Balaban J connectivity index is 1.54. The van der Waals surface area contributed by atoms with E-state index in [2.05, 4.69) is 15.5 Å². The molecule has 13 heteroatoms. The molecule has 2 heterocycles. The molecule has 0 spiro atoms. The van der Waals surface area contributed by atoms with Crippen LogP contribution in [0.5, 0.6) is 17.2 Å². The number of nitrogens with one attached hydrogen (secondary N) is 1. The summed E-state index contributed by atoms with van der Waals surface area (Å²) in [5, 5.41) is 14.8. The van der Waals surface area contributed by atoms with E-state index >= 15 is 0 Å². The van der Waals surface area contributed by atoms with Gasteiger partial charge in [-0.05, 0) is 36.8 Å². The largest absolute Gasteiger partial charge is 0.493 e. The molecule has 4 aromatic rings. The van der Waals surface area contributed by atoms with Crippen molar-refractivity contribution < 1.29 is 28.5 Å². The first-order chi connectivity index (χ1) is 19.3. The second kappa shape index (κ2) is 13.1. The van der Waals surface area contributed by atoms with Gasteiger partial charge < -0.3 is 28.8 Å². The predicted octanol–water partition coefficient (Wildman–Crippen LogP) is 5.89. The number of anilines is 1. The van der Waals surface area contributed by atoms with Crippen LogP contribution >= 0.6 is 34.7 Å². The molecule has 0 unspecified atom stereocenters. The Morgan fingerprint density at radius 3 is 2.25 bits per heavy atom. The standard InChI is InChI=1S/C27H27ClN4O6S2/c1-6-32-24(16-11-19(35-2)23(37-4)20(12-16)36-3)30-31-27(32)40-14-21(33)29-25-22(26(34)38-5)18(13-39-25)15-7-9-17(28)10-8-15/h7-13H,6,14H2,1-5H3,(H,29,33). The number of halogens is 1. The van der Waals surface area contributed by atoms with Gasteiger partial charge in [-0.2, -0.15) is 0 Å². The maximum absolute atomic E-state index is 13.0. The second-order valence-corrected chi connectivity index (χ2v) is 10.4. The van der Waals surface area contributed by atoms with Crippen LogP contribution in [0.1, 0.15) is 17.3 Å². The van der Waals surface area contributed by atoms with Crippen LogP contribution in [-0.4, -0.2) is 60.8 Å². The zero-order chi connectivity index (χ0) is 28.8. The highest BCUT2D eigenvalue weighted by molar-refractivity contribution is 7.99. The SMILES string of the molecule is CCn1c(SCC(=O)Nc2scc(-c3ccc(Cl)cc3)c2C(=O)OC)nnc1-c1cc(OC)c(OC)c(OC)c1. The number of thioether (sulfide) groups is 1. The van der Waals surface area contributed by atoms with Crippen LogP contribution < -0.4 is 19.5 Å². The van der Waals surface area contributed by atoms with Crippen molar-refractivity contribution in [1.29, 1.82) is 0 Å². The highest BCUT2D eigenvalue weighted by Gasteiger charge is 2.23.